The number of carboxylic acids is 1. The van der Waals surface area contributed by atoms with Gasteiger partial charge in [0.25, 0.3) is 11.8 Å². The number of aryl methyl sites for hydroxylation is 2. The summed E-state index contributed by atoms with van der Waals surface area (Å²) in [7, 11) is 0. The predicted molar refractivity (Wildman–Crippen MR) is 144 cm³/mol. The molecule has 10 heteroatoms. The maximum atomic E-state index is 13.0. The molecule has 0 fully saturated rings. The summed E-state index contributed by atoms with van der Waals surface area (Å²) in [5, 5.41) is 13.5. The number of nitrogens with zero attached hydrogens (tertiary/aromatic N) is 3. The molecular formula is C30H30F3N3O4. The summed E-state index contributed by atoms with van der Waals surface area (Å²) in [4.78, 5) is 17.8. The van der Waals surface area contributed by atoms with E-state index in [1.807, 2.05) is 42.2 Å². The van der Waals surface area contributed by atoms with E-state index in [2.05, 4.69) is 10.1 Å². The molecule has 0 atom stereocenters. The molecule has 0 spiro atoms. The maximum Gasteiger partial charge on any atom is 0.416 e. The largest absolute Gasteiger partial charge is 0.478 e. The molecule has 0 saturated heterocycles. The number of anilines is 1. The van der Waals surface area contributed by atoms with Crippen molar-refractivity contribution in [1.29, 1.82) is 0 Å². The summed E-state index contributed by atoms with van der Waals surface area (Å²) >= 11 is 0. The summed E-state index contributed by atoms with van der Waals surface area (Å²) in [6.45, 7) is 5.69. The second-order valence-corrected chi connectivity index (χ2v) is 10.1. The fourth-order valence-corrected chi connectivity index (χ4v) is 4.09. The van der Waals surface area contributed by atoms with Gasteiger partial charge < -0.3 is 19.3 Å². The van der Waals surface area contributed by atoms with E-state index in [4.69, 9.17) is 9.26 Å². The number of benzene rings is 3. The molecule has 1 aromatic heterocycles. The van der Waals surface area contributed by atoms with Crippen LogP contribution < -0.4 is 9.64 Å². The summed E-state index contributed by atoms with van der Waals surface area (Å²) in [6.07, 6.45) is -3.12. The average molecular weight is 554 g/mol. The molecule has 7 nitrogen and oxygen atoms in total. The van der Waals surface area contributed by atoms with Gasteiger partial charge in [0.1, 0.15) is 5.75 Å². The standard InChI is InChI=1S/C30H30F3N3O4/c1-20-7-4-10-23(17-20)26-34-28(35-40-26)36(19-22-12-14-24(15-13-22)30(31,32)33)16-6-9-21-8-5-11-25(18-21)39-29(2,3)27(37)38/h4-5,7-8,10-15,17-18H,6,9,16,19H2,1-3H3,(H,37,38). The van der Waals surface area contributed by atoms with E-state index in [9.17, 15) is 23.1 Å². The lowest BCUT2D eigenvalue weighted by Crippen LogP contribution is -2.37. The van der Waals surface area contributed by atoms with E-state index in [1.165, 1.54) is 26.0 Å². The van der Waals surface area contributed by atoms with Gasteiger partial charge in [0.05, 0.1) is 5.56 Å². The van der Waals surface area contributed by atoms with E-state index in [0.29, 0.717) is 42.5 Å². The van der Waals surface area contributed by atoms with E-state index < -0.39 is 23.3 Å². The lowest BCUT2D eigenvalue weighted by atomic mass is 10.1. The van der Waals surface area contributed by atoms with Crippen molar-refractivity contribution < 1.29 is 32.3 Å². The lowest BCUT2D eigenvalue weighted by molar-refractivity contribution is -0.152. The smallest absolute Gasteiger partial charge is 0.416 e. The van der Waals surface area contributed by atoms with Crippen LogP contribution in [0.1, 0.15) is 42.5 Å². The molecule has 4 rings (SSSR count). The first kappa shape index (κ1) is 28.7. The van der Waals surface area contributed by atoms with Crippen LogP contribution in [0.3, 0.4) is 0 Å². The maximum absolute atomic E-state index is 13.0. The van der Waals surface area contributed by atoms with Crippen LogP contribution >= 0.6 is 0 Å². The Morgan fingerprint density at radius 2 is 1.73 bits per heavy atom. The van der Waals surface area contributed by atoms with Crippen molar-refractivity contribution >= 4 is 11.9 Å². The van der Waals surface area contributed by atoms with Gasteiger partial charge in [0.2, 0.25) is 0 Å². The summed E-state index contributed by atoms with van der Waals surface area (Å²) in [6, 6.07) is 19.9. The highest BCUT2D eigenvalue weighted by Crippen LogP contribution is 2.30. The first-order valence-corrected chi connectivity index (χ1v) is 12.7. The minimum atomic E-state index is -4.41. The molecule has 1 N–H and O–H groups in total. The molecule has 0 aliphatic heterocycles. The fraction of sp³-hybridized carbons (Fsp3) is 0.300. The monoisotopic (exact) mass is 553 g/mol. The highest BCUT2D eigenvalue weighted by Gasteiger charge is 2.30. The van der Waals surface area contributed by atoms with E-state index in [0.717, 1.165) is 28.8 Å². The van der Waals surface area contributed by atoms with Gasteiger partial charge in [-0.2, -0.15) is 18.2 Å². The van der Waals surface area contributed by atoms with Crippen molar-refractivity contribution in [3.63, 3.8) is 0 Å². The quantitative estimate of drug-likeness (QED) is 0.215. The minimum Gasteiger partial charge on any atom is -0.478 e. The van der Waals surface area contributed by atoms with Crippen LogP contribution in [0.25, 0.3) is 11.5 Å². The summed E-state index contributed by atoms with van der Waals surface area (Å²) < 4.78 is 50.3. The van der Waals surface area contributed by atoms with Crippen LogP contribution in [-0.4, -0.2) is 33.4 Å². The molecule has 0 bridgehead atoms. The number of alkyl halides is 3. The molecule has 0 amide bonds. The van der Waals surface area contributed by atoms with Gasteiger partial charge >= 0.3 is 12.1 Å². The Labute approximate surface area is 230 Å². The predicted octanol–water partition coefficient (Wildman–Crippen LogP) is 6.95. The van der Waals surface area contributed by atoms with E-state index >= 15 is 0 Å². The van der Waals surface area contributed by atoms with Crippen LogP contribution in [0.4, 0.5) is 19.1 Å². The minimum absolute atomic E-state index is 0.279. The highest BCUT2D eigenvalue weighted by molar-refractivity contribution is 5.76. The molecule has 3 aromatic carbocycles. The Kier molecular flexibility index (Phi) is 8.46. The Morgan fingerprint density at radius 3 is 2.40 bits per heavy atom. The molecule has 40 heavy (non-hydrogen) atoms. The van der Waals surface area contributed by atoms with Gasteiger partial charge in [0.15, 0.2) is 5.60 Å². The number of aliphatic carboxylic acids is 1. The zero-order valence-corrected chi connectivity index (χ0v) is 22.4. The molecule has 4 aromatic rings. The Balaban J connectivity index is 1.50. The zero-order chi connectivity index (χ0) is 28.9. The molecule has 0 aliphatic carbocycles. The molecule has 1 heterocycles. The van der Waals surface area contributed by atoms with E-state index in [-0.39, 0.29) is 6.54 Å². The average Bonchev–Trinajstić information content (AvgIpc) is 3.38. The molecule has 0 aliphatic rings. The third kappa shape index (κ3) is 7.40. The Hall–Kier alpha value is -4.34. The second kappa shape index (κ2) is 11.8. The van der Waals surface area contributed by atoms with Crippen molar-refractivity contribution in [1.82, 2.24) is 10.1 Å². The van der Waals surface area contributed by atoms with Gasteiger partial charge in [-0.15, -0.1) is 0 Å². The highest BCUT2D eigenvalue weighted by atomic mass is 19.4. The van der Waals surface area contributed by atoms with Crippen LogP contribution in [0.5, 0.6) is 5.75 Å². The van der Waals surface area contributed by atoms with Crippen LogP contribution in [0.2, 0.25) is 0 Å². The number of carbonyl (C=O) groups is 1. The number of halogens is 3. The van der Waals surface area contributed by atoms with Gasteiger partial charge in [-0.3, -0.25) is 0 Å². The number of carboxylic acid groups (broad SMARTS) is 1. The molecule has 210 valence electrons. The molecule has 0 unspecified atom stereocenters. The first-order chi connectivity index (χ1) is 18.9. The van der Waals surface area contributed by atoms with Crippen molar-refractivity contribution in [2.24, 2.45) is 0 Å². The lowest BCUT2D eigenvalue weighted by Gasteiger charge is -2.22. The van der Waals surface area contributed by atoms with Gasteiger partial charge in [-0.25, -0.2) is 4.79 Å². The zero-order valence-electron chi connectivity index (χ0n) is 22.4. The number of rotatable bonds is 11. The normalized spacial score (nSPS) is 11.8. The van der Waals surface area contributed by atoms with Crippen LogP contribution in [0, 0.1) is 6.92 Å². The summed E-state index contributed by atoms with van der Waals surface area (Å²) in [5.74, 6) is 0.0631. The number of hydrogen-bond acceptors (Lipinski definition) is 6. The van der Waals surface area contributed by atoms with Crippen LogP contribution in [0.15, 0.2) is 77.3 Å². The third-order valence-corrected chi connectivity index (χ3v) is 6.30. The van der Waals surface area contributed by atoms with E-state index in [1.54, 1.807) is 18.2 Å². The Morgan fingerprint density at radius 1 is 1.00 bits per heavy atom. The fourth-order valence-electron chi connectivity index (χ4n) is 4.09. The topological polar surface area (TPSA) is 88.7 Å². The second-order valence-electron chi connectivity index (χ2n) is 10.1. The van der Waals surface area contributed by atoms with Gasteiger partial charge in [-0.05, 0) is 86.3 Å². The van der Waals surface area contributed by atoms with Crippen molar-refractivity contribution in [3.05, 3.63) is 95.1 Å². The third-order valence-electron chi connectivity index (χ3n) is 6.30. The molecule has 0 radical (unpaired) electrons. The van der Waals surface area contributed by atoms with Gasteiger partial charge in [0, 0.05) is 18.7 Å². The first-order valence-electron chi connectivity index (χ1n) is 12.7. The van der Waals surface area contributed by atoms with Crippen molar-refractivity contribution in [2.45, 2.75) is 51.9 Å². The van der Waals surface area contributed by atoms with Crippen molar-refractivity contribution in [2.75, 3.05) is 11.4 Å². The number of ether oxygens (including phenoxy) is 1. The van der Waals surface area contributed by atoms with Gasteiger partial charge in [-0.1, -0.05) is 42.0 Å². The molecular weight excluding hydrogens is 523 g/mol. The van der Waals surface area contributed by atoms with Crippen molar-refractivity contribution in [3.8, 4) is 17.2 Å². The Bertz CT molecular complexity index is 1450. The van der Waals surface area contributed by atoms with Crippen LogP contribution in [-0.2, 0) is 23.9 Å². The SMILES string of the molecule is Cc1cccc(-c2nc(N(CCCc3cccc(OC(C)(C)C(=O)O)c3)Cc3ccc(C(F)(F)F)cc3)no2)c1. The molecule has 0 saturated carbocycles. The number of aromatic nitrogens is 2. The summed E-state index contributed by atoms with van der Waals surface area (Å²) in [5.41, 5.74) is 1.34. The number of hydrogen-bond donors (Lipinski definition) is 1.